The van der Waals surface area contributed by atoms with Crippen molar-refractivity contribution in [2.45, 2.75) is 19.6 Å². The van der Waals surface area contributed by atoms with Gasteiger partial charge in [0.1, 0.15) is 17.6 Å². The molecule has 1 aromatic heterocycles. The zero-order chi connectivity index (χ0) is 13.4. The van der Waals surface area contributed by atoms with Crippen LogP contribution in [0.1, 0.15) is 23.0 Å². The fraction of sp³-hybridized carbons (Fsp3) is 0.333. The van der Waals surface area contributed by atoms with Gasteiger partial charge in [-0.3, -0.25) is 4.90 Å². The summed E-state index contributed by atoms with van der Waals surface area (Å²) >= 11 is 6.13. The molecule has 108 valence electrons. The molecule has 1 aliphatic heterocycles. The first-order valence-corrected chi connectivity index (χ1v) is 6.69. The summed E-state index contributed by atoms with van der Waals surface area (Å²) in [5, 5.41) is 0.731. The van der Waals surface area contributed by atoms with E-state index in [1.165, 1.54) is 0 Å². The molecule has 1 aliphatic rings. The first kappa shape index (κ1) is 15.2. The smallest absolute Gasteiger partial charge is 0.140 e. The van der Waals surface area contributed by atoms with Gasteiger partial charge in [0.05, 0.1) is 12.8 Å². The third-order valence-electron chi connectivity index (χ3n) is 3.50. The van der Waals surface area contributed by atoms with Crippen molar-refractivity contribution >= 4 is 24.0 Å². The van der Waals surface area contributed by atoms with Crippen LogP contribution in [0.4, 0.5) is 0 Å². The lowest BCUT2D eigenvalue weighted by Gasteiger charge is -2.29. The highest BCUT2D eigenvalue weighted by atomic mass is 35.5. The number of benzene rings is 1. The molecule has 0 N–H and O–H groups in total. The summed E-state index contributed by atoms with van der Waals surface area (Å²) in [6, 6.07) is 7.73. The van der Waals surface area contributed by atoms with E-state index in [9.17, 15) is 0 Å². The van der Waals surface area contributed by atoms with Gasteiger partial charge in [0.25, 0.3) is 0 Å². The number of ether oxygens (including phenoxy) is 1. The number of halogens is 2. The Labute approximate surface area is 129 Å². The molecule has 2 heterocycles. The fourth-order valence-electron chi connectivity index (χ4n) is 2.43. The molecule has 0 saturated heterocycles. The van der Waals surface area contributed by atoms with E-state index in [0.29, 0.717) is 0 Å². The molecule has 0 amide bonds. The van der Waals surface area contributed by atoms with Crippen molar-refractivity contribution in [1.29, 1.82) is 0 Å². The fourth-order valence-corrected chi connectivity index (χ4v) is 2.59. The second-order valence-electron chi connectivity index (χ2n) is 4.97. The van der Waals surface area contributed by atoms with Crippen molar-refractivity contribution in [3.05, 3.63) is 52.4 Å². The highest BCUT2D eigenvalue weighted by Gasteiger charge is 2.27. The van der Waals surface area contributed by atoms with Crippen LogP contribution in [-0.2, 0) is 6.54 Å². The Hall–Kier alpha value is -1.16. The third-order valence-corrected chi connectivity index (χ3v) is 3.91. The zero-order valence-corrected chi connectivity index (χ0v) is 13.0. The molecule has 0 radical (unpaired) electrons. The monoisotopic (exact) mass is 313 g/mol. The van der Waals surface area contributed by atoms with E-state index in [4.69, 9.17) is 20.8 Å². The summed E-state index contributed by atoms with van der Waals surface area (Å²) in [5.74, 6) is 1.82. The van der Waals surface area contributed by atoms with Crippen LogP contribution in [0.15, 0.2) is 34.9 Å². The summed E-state index contributed by atoms with van der Waals surface area (Å²) < 4.78 is 11.6. The van der Waals surface area contributed by atoms with E-state index < -0.39 is 0 Å². The van der Waals surface area contributed by atoms with E-state index in [0.717, 1.165) is 40.7 Å². The SMILES string of the molecule is Cc1c(Cl)cccc1OC1CN(C)Cc2occc21.Cl. The van der Waals surface area contributed by atoms with E-state index in [2.05, 4.69) is 11.9 Å². The average molecular weight is 314 g/mol. The summed E-state index contributed by atoms with van der Waals surface area (Å²) in [5.41, 5.74) is 2.11. The second-order valence-corrected chi connectivity index (χ2v) is 5.37. The molecular weight excluding hydrogens is 297 g/mol. The number of rotatable bonds is 2. The Kier molecular flexibility index (Phi) is 4.63. The molecule has 3 rings (SSSR count). The second kappa shape index (κ2) is 6.08. The lowest BCUT2D eigenvalue weighted by Crippen LogP contribution is -2.32. The Morgan fingerprint density at radius 3 is 2.95 bits per heavy atom. The maximum Gasteiger partial charge on any atom is 0.140 e. The van der Waals surface area contributed by atoms with Gasteiger partial charge in [-0.15, -0.1) is 12.4 Å². The largest absolute Gasteiger partial charge is 0.484 e. The van der Waals surface area contributed by atoms with Gasteiger partial charge in [-0.2, -0.15) is 0 Å². The lowest BCUT2D eigenvalue weighted by molar-refractivity contribution is 0.119. The maximum atomic E-state index is 6.14. The van der Waals surface area contributed by atoms with Crippen LogP contribution in [0.25, 0.3) is 0 Å². The van der Waals surface area contributed by atoms with Gasteiger partial charge in [-0.05, 0) is 32.2 Å². The molecule has 0 aliphatic carbocycles. The molecule has 0 saturated carbocycles. The van der Waals surface area contributed by atoms with Gasteiger partial charge >= 0.3 is 0 Å². The van der Waals surface area contributed by atoms with Crippen LogP contribution in [0.3, 0.4) is 0 Å². The number of hydrogen-bond acceptors (Lipinski definition) is 3. The molecule has 3 nitrogen and oxygen atoms in total. The first-order valence-electron chi connectivity index (χ1n) is 6.31. The van der Waals surface area contributed by atoms with Crippen molar-refractivity contribution in [2.24, 2.45) is 0 Å². The standard InChI is InChI=1S/C15H16ClNO2.ClH/c1-10-12(16)4-3-5-13(10)19-15-9-17(2)8-14-11(15)6-7-18-14;/h3-7,15H,8-9H2,1-2H3;1H. The maximum absolute atomic E-state index is 6.14. The predicted octanol–water partition coefficient (Wildman–Crippen LogP) is 4.23. The van der Waals surface area contributed by atoms with E-state index >= 15 is 0 Å². The van der Waals surface area contributed by atoms with Crippen LogP contribution in [0.5, 0.6) is 5.75 Å². The molecule has 0 fully saturated rings. The van der Waals surface area contributed by atoms with Crippen LogP contribution >= 0.6 is 24.0 Å². The Morgan fingerprint density at radius 1 is 1.35 bits per heavy atom. The molecule has 0 bridgehead atoms. The minimum atomic E-state index is -0.00957. The molecule has 1 atom stereocenters. The minimum Gasteiger partial charge on any atom is -0.484 e. The topological polar surface area (TPSA) is 25.6 Å². The highest BCUT2D eigenvalue weighted by Crippen LogP contribution is 2.33. The predicted molar refractivity (Wildman–Crippen MR) is 81.8 cm³/mol. The van der Waals surface area contributed by atoms with Crippen LogP contribution in [0, 0.1) is 6.92 Å². The van der Waals surface area contributed by atoms with Gasteiger partial charge in [-0.25, -0.2) is 0 Å². The van der Waals surface area contributed by atoms with Gasteiger partial charge in [-0.1, -0.05) is 17.7 Å². The molecule has 2 aromatic rings. The molecule has 1 aromatic carbocycles. The normalized spacial score (nSPS) is 18.2. The zero-order valence-electron chi connectivity index (χ0n) is 11.4. The van der Waals surface area contributed by atoms with E-state index in [-0.39, 0.29) is 18.5 Å². The van der Waals surface area contributed by atoms with E-state index in [1.807, 2.05) is 31.2 Å². The third kappa shape index (κ3) is 2.80. The van der Waals surface area contributed by atoms with Gasteiger partial charge in [0, 0.05) is 22.7 Å². The van der Waals surface area contributed by atoms with Crippen LogP contribution in [-0.4, -0.2) is 18.5 Å². The van der Waals surface area contributed by atoms with Crippen molar-refractivity contribution in [1.82, 2.24) is 4.90 Å². The minimum absolute atomic E-state index is 0. The Bertz CT molecular complexity index is 597. The number of fused-ring (bicyclic) bond motifs is 1. The number of furan rings is 1. The number of likely N-dealkylation sites (N-methyl/N-ethyl adjacent to an activating group) is 1. The lowest BCUT2D eigenvalue weighted by atomic mass is 10.1. The van der Waals surface area contributed by atoms with Gasteiger partial charge in [0.2, 0.25) is 0 Å². The molecule has 1 unspecified atom stereocenters. The molecule has 5 heteroatoms. The summed E-state index contributed by atoms with van der Waals surface area (Å²) in [7, 11) is 2.06. The molecule has 0 spiro atoms. The quantitative estimate of drug-likeness (QED) is 0.829. The number of nitrogens with zero attached hydrogens (tertiary/aromatic N) is 1. The Morgan fingerprint density at radius 2 is 2.15 bits per heavy atom. The van der Waals surface area contributed by atoms with Gasteiger partial charge in [0.15, 0.2) is 0 Å². The van der Waals surface area contributed by atoms with Crippen LogP contribution in [0.2, 0.25) is 5.02 Å². The van der Waals surface area contributed by atoms with Crippen molar-refractivity contribution in [3.8, 4) is 5.75 Å². The molecule has 20 heavy (non-hydrogen) atoms. The van der Waals surface area contributed by atoms with Crippen molar-refractivity contribution in [2.75, 3.05) is 13.6 Å². The van der Waals surface area contributed by atoms with Crippen LogP contribution < -0.4 is 4.74 Å². The average Bonchev–Trinajstić information content (AvgIpc) is 2.83. The summed E-state index contributed by atoms with van der Waals surface area (Å²) in [6.45, 7) is 3.65. The Balaban J connectivity index is 0.00000147. The highest BCUT2D eigenvalue weighted by molar-refractivity contribution is 6.31. The first-order chi connectivity index (χ1) is 9.15. The summed E-state index contributed by atoms with van der Waals surface area (Å²) in [4.78, 5) is 2.19. The van der Waals surface area contributed by atoms with Crippen molar-refractivity contribution in [3.63, 3.8) is 0 Å². The van der Waals surface area contributed by atoms with E-state index in [1.54, 1.807) is 6.26 Å². The molecular formula is C15H17Cl2NO2. The van der Waals surface area contributed by atoms with Crippen molar-refractivity contribution < 1.29 is 9.15 Å². The van der Waals surface area contributed by atoms with Gasteiger partial charge < -0.3 is 9.15 Å². The summed E-state index contributed by atoms with van der Waals surface area (Å²) in [6.07, 6.45) is 1.72. The number of hydrogen-bond donors (Lipinski definition) is 0.